The first-order valence-electron chi connectivity index (χ1n) is 5.86. The van der Waals surface area contributed by atoms with Crippen molar-refractivity contribution in [2.75, 3.05) is 0 Å². The summed E-state index contributed by atoms with van der Waals surface area (Å²) in [4.78, 5) is 19.3. The summed E-state index contributed by atoms with van der Waals surface area (Å²) in [5.74, 6) is 0.885. The van der Waals surface area contributed by atoms with Crippen LogP contribution >= 0.6 is 22.6 Å². The third-order valence-corrected chi connectivity index (χ3v) is 3.77. The third kappa shape index (κ3) is 2.63. The van der Waals surface area contributed by atoms with E-state index in [0.29, 0.717) is 9.39 Å². The van der Waals surface area contributed by atoms with Crippen molar-refractivity contribution in [2.24, 2.45) is 0 Å². The average Bonchev–Trinajstić information content (AvgIpc) is 2.32. The molecule has 0 spiro atoms. The molecule has 0 aliphatic rings. The van der Waals surface area contributed by atoms with Crippen molar-refractivity contribution in [3.63, 3.8) is 0 Å². The second kappa shape index (κ2) is 5.22. The van der Waals surface area contributed by atoms with Gasteiger partial charge in [-0.1, -0.05) is 37.6 Å². The molecule has 1 N–H and O–H groups in total. The molecule has 0 amide bonds. The van der Waals surface area contributed by atoms with Crippen molar-refractivity contribution in [1.82, 2.24) is 9.97 Å². The fraction of sp³-hybridized carbons (Fsp3) is 0.286. The second-order valence-corrected chi connectivity index (χ2v) is 5.72. The van der Waals surface area contributed by atoms with Crippen LogP contribution < -0.4 is 5.56 Å². The van der Waals surface area contributed by atoms with Crippen LogP contribution in [0.25, 0.3) is 11.4 Å². The molecule has 0 bridgehead atoms. The zero-order valence-electron chi connectivity index (χ0n) is 10.6. The molecule has 0 radical (unpaired) electrons. The van der Waals surface area contributed by atoms with E-state index in [4.69, 9.17) is 0 Å². The lowest BCUT2D eigenvalue weighted by atomic mass is 10.1. The van der Waals surface area contributed by atoms with Crippen LogP contribution in [0.4, 0.5) is 0 Å². The molecular formula is C14H15IN2O. The molecule has 18 heavy (non-hydrogen) atoms. The van der Waals surface area contributed by atoms with Gasteiger partial charge in [0.15, 0.2) is 0 Å². The Balaban J connectivity index is 2.63. The SMILES string of the molecule is Cc1cccc(-c2nc(C(C)C)c(I)c(=O)[nH]2)c1. The van der Waals surface area contributed by atoms with E-state index in [1.54, 1.807) is 0 Å². The summed E-state index contributed by atoms with van der Waals surface area (Å²) in [7, 11) is 0. The van der Waals surface area contributed by atoms with E-state index in [2.05, 4.69) is 32.6 Å². The molecule has 94 valence electrons. The van der Waals surface area contributed by atoms with Gasteiger partial charge in [0, 0.05) is 5.56 Å². The Labute approximate surface area is 120 Å². The maximum Gasteiger partial charge on any atom is 0.264 e. The highest BCUT2D eigenvalue weighted by Crippen LogP contribution is 2.20. The van der Waals surface area contributed by atoms with Crippen LogP contribution in [0.15, 0.2) is 29.1 Å². The van der Waals surface area contributed by atoms with E-state index < -0.39 is 0 Å². The number of hydrogen-bond acceptors (Lipinski definition) is 2. The average molecular weight is 354 g/mol. The van der Waals surface area contributed by atoms with E-state index >= 15 is 0 Å². The van der Waals surface area contributed by atoms with Crippen molar-refractivity contribution in [3.05, 3.63) is 49.4 Å². The summed E-state index contributed by atoms with van der Waals surface area (Å²) >= 11 is 2.06. The van der Waals surface area contributed by atoms with Gasteiger partial charge < -0.3 is 4.98 Å². The molecule has 1 aromatic heterocycles. The number of aromatic amines is 1. The molecule has 0 saturated carbocycles. The Morgan fingerprint density at radius 3 is 2.67 bits per heavy atom. The minimum absolute atomic E-state index is 0.0641. The highest BCUT2D eigenvalue weighted by Gasteiger charge is 2.12. The quantitative estimate of drug-likeness (QED) is 0.840. The summed E-state index contributed by atoms with van der Waals surface area (Å²) in [6.45, 7) is 6.12. The van der Waals surface area contributed by atoms with Gasteiger partial charge in [0.05, 0.1) is 9.26 Å². The monoisotopic (exact) mass is 354 g/mol. The molecule has 1 heterocycles. The van der Waals surface area contributed by atoms with Gasteiger partial charge >= 0.3 is 0 Å². The number of aryl methyl sites for hydroxylation is 1. The molecule has 0 fully saturated rings. The van der Waals surface area contributed by atoms with E-state index in [0.717, 1.165) is 16.8 Å². The number of nitrogens with zero attached hydrogens (tertiary/aromatic N) is 1. The molecule has 1 aromatic carbocycles. The normalized spacial score (nSPS) is 10.9. The van der Waals surface area contributed by atoms with Gasteiger partial charge in [-0.25, -0.2) is 4.98 Å². The van der Waals surface area contributed by atoms with E-state index in [9.17, 15) is 4.79 Å². The van der Waals surface area contributed by atoms with Gasteiger partial charge in [-0.15, -0.1) is 0 Å². The first-order chi connectivity index (χ1) is 8.49. The van der Waals surface area contributed by atoms with Crippen LogP contribution in [0.3, 0.4) is 0 Å². The number of rotatable bonds is 2. The number of hydrogen-bond donors (Lipinski definition) is 1. The Bertz CT molecular complexity index is 632. The van der Waals surface area contributed by atoms with Crippen LogP contribution in [0.1, 0.15) is 31.0 Å². The van der Waals surface area contributed by atoms with Gasteiger partial charge in [-0.05, 0) is 41.5 Å². The molecule has 0 aliphatic heterocycles. The predicted octanol–water partition coefficient (Wildman–Crippen LogP) is 3.47. The lowest BCUT2D eigenvalue weighted by Crippen LogP contribution is -2.17. The molecule has 4 heteroatoms. The molecule has 2 rings (SSSR count). The second-order valence-electron chi connectivity index (χ2n) is 4.64. The summed E-state index contributed by atoms with van der Waals surface area (Å²) < 4.78 is 0.680. The zero-order chi connectivity index (χ0) is 13.3. The van der Waals surface area contributed by atoms with Crippen molar-refractivity contribution in [2.45, 2.75) is 26.7 Å². The van der Waals surface area contributed by atoms with Gasteiger partial charge in [-0.3, -0.25) is 4.79 Å². The molecule has 0 aliphatic carbocycles. The Morgan fingerprint density at radius 2 is 2.06 bits per heavy atom. The highest BCUT2D eigenvalue weighted by molar-refractivity contribution is 14.1. The van der Waals surface area contributed by atoms with E-state index in [-0.39, 0.29) is 11.5 Å². The van der Waals surface area contributed by atoms with Crippen LogP contribution in [0, 0.1) is 10.5 Å². The van der Waals surface area contributed by atoms with E-state index in [1.807, 2.05) is 45.0 Å². The first-order valence-corrected chi connectivity index (χ1v) is 6.93. The van der Waals surface area contributed by atoms with Crippen molar-refractivity contribution in [1.29, 1.82) is 0 Å². The van der Waals surface area contributed by atoms with Gasteiger partial charge in [0.2, 0.25) is 0 Å². The van der Waals surface area contributed by atoms with Gasteiger partial charge in [0.1, 0.15) is 5.82 Å². The number of nitrogens with one attached hydrogen (secondary N) is 1. The maximum atomic E-state index is 11.9. The fourth-order valence-electron chi connectivity index (χ4n) is 1.79. The summed E-state index contributed by atoms with van der Waals surface area (Å²) in [6.07, 6.45) is 0. The number of aromatic nitrogens is 2. The maximum absolute atomic E-state index is 11.9. The van der Waals surface area contributed by atoms with Crippen LogP contribution in [0.2, 0.25) is 0 Å². The Morgan fingerprint density at radius 1 is 1.33 bits per heavy atom. The largest absolute Gasteiger partial charge is 0.306 e. The lowest BCUT2D eigenvalue weighted by molar-refractivity contribution is 0.802. The minimum atomic E-state index is -0.0641. The van der Waals surface area contributed by atoms with Crippen LogP contribution in [0.5, 0.6) is 0 Å². The lowest BCUT2D eigenvalue weighted by Gasteiger charge is -2.09. The molecule has 2 aromatic rings. The molecule has 0 atom stereocenters. The molecule has 3 nitrogen and oxygen atoms in total. The molecule has 0 unspecified atom stereocenters. The fourth-order valence-corrected chi connectivity index (χ4v) is 2.67. The predicted molar refractivity (Wildman–Crippen MR) is 81.8 cm³/mol. The zero-order valence-corrected chi connectivity index (χ0v) is 12.8. The highest BCUT2D eigenvalue weighted by atomic mass is 127. The van der Waals surface area contributed by atoms with Crippen LogP contribution in [-0.4, -0.2) is 9.97 Å². The smallest absolute Gasteiger partial charge is 0.264 e. The Hall–Kier alpha value is -1.17. The van der Waals surface area contributed by atoms with Gasteiger partial charge in [-0.2, -0.15) is 0 Å². The third-order valence-electron chi connectivity index (χ3n) is 2.73. The van der Waals surface area contributed by atoms with Crippen molar-refractivity contribution < 1.29 is 0 Å². The molecular weight excluding hydrogens is 339 g/mol. The summed E-state index contributed by atoms with van der Waals surface area (Å²) in [5.41, 5.74) is 2.90. The van der Waals surface area contributed by atoms with E-state index in [1.165, 1.54) is 0 Å². The minimum Gasteiger partial charge on any atom is -0.306 e. The topological polar surface area (TPSA) is 45.8 Å². The van der Waals surface area contributed by atoms with Crippen molar-refractivity contribution >= 4 is 22.6 Å². The number of H-pyrrole nitrogens is 1. The Kier molecular flexibility index (Phi) is 3.85. The summed E-state index contributed by atoms with van der Waals surface area (Å²) in [5, 5.41) is 0. The number of halogens is 1. The van der Waals surface area contributed by atoms with Crippen LogP contribution in [-0.2, 0) is 0 Å². The standard InChI is InChI=1S/C14H15IN2O/c1-8(2)12-11(15)14(18)17-13(16-12)10-6-4-5-9(3)7-10/h4-8H,1-3H3,(H,16,17,18). The molecule has 0 saturated heterocycles. The van der Waals surface area contributed by atoms with Gasteiger partial charge in [0.25, 0.3) is 5.56 Å². The van der Waals surface area contributed by atoms with Crippen molar-refractivity contribution in [3.8, 4) is 11.4 Å². The first kappa shape index (κ1) is 13.3. The summed E-state index contributed by atoms with van der Waals surface area (Å²) in [6, 6.07) is 7.98. The number of benzene rings is 1.